The van der Waals surface area contributed by atoms with E-state index in [1.165, 1.54) is 6.20 Å². The van der Waals surface area contributed by atoms with Crippen molar-refractivity contribution in [2.45, 2.75) is 50.3 Å². The SMILES string of the molecule is CC1CCCN(S(=O)(=O)c2ccc(-n3cnc(C(=O)N4CCCCCC4)c3)nc2)C1. The molecular weight excluding hydrogens is 402 g/mol. The molecule has 8 nitrogen and oxygen atoms in total. The molecule has 2 aliphatic rings. The van der Waals surface area contributed by atoms with Crippen LogP contribution in [0.3, 0.4) is 0 Å². The van der Waals surface area contributed by atoms with Crippen molar-refractivity contribution in [3.05, 3.63) is 36.5 Å². The molecule has 0 aliphatic carbocycles. The number of carbonyl (C=O) groups excluding carboxylic acids is 1. The van der Waals surface area contributed by atoms with E-state index in [2.05, 4.69) is 16.9 Å². The van der Waals surface area contributed by atoms with Crippen LogP contribution in [0.4, 0.5) is 0 Å². The van der Waals surface area contributed by atoms with Gasteiger partial charge in [0, 0.05) is 38.6 Å². The quantitative estimate of drug-likeness (QED) is 0.743. The molecule has 0 N–H and O–H groups in total. The van der Waals surface area contributed by atoms with Crippen LogP contribution in [0.1, 0.15) is 55.9 Å². The monoisotopic (exact) mass is 431 g/mol. The second-order valence-electron chi connectivity index (χ2n) is 8.34. The summed E-state index contributed by atoms with van der Waals surface area (Å²) in [4.78, 5) is 23.4. The fraction of sp³-hybridized carbons (Fsp3) is 0.571. The van der Waals surface area contributed by atoms with Crippen LogP contribution in [-0.2, 0) is 10.0 Å². The number of imidazole rings is 1. The highest BCUT2D eigenvalue weighted by Gasteiger charge is 2.29. The number of amides is 1. The minimum absolute atomic E-state index is 0.0610. The molecule has 2 saturated heterocycles. The number of carbonyl (C=O) groups is 1. The molecule has 2 aliphatic heterocycles. The van der Waals surface area contributed by atoms with Crippen molar-refractivity contribution in [1.82, 2.24) is 23.7 Å². The van der Waals surface area contributed by atoms with Crippen molar-refractivity contribution in [1.29, 1.82) is 0 Å². The molecule has 9 heteroatoms. The molecule has 1 atom stereocenters. The molecule has 4 rings (SSSR count). The maximum Gasteiger partial charge on any atom is 0.274 e. The third-order valence-electron chi connectivity index (χ3n) is 5.94. The lowest BCUT2D eigenvalue weighted by Gasteiger charge is -2.29. The first-order chi connectivity index (χ1) is 14.4. The number of pyridine rings is 1. The molecule has 0 aromatic carbocycles. The predicted molar refractivity (Wildman–Crippen MR) is 113 cm³/mol. The third-order valence-corrected chi connectivity index (χ3v) is 7.79. The highest BCUT2D eigenvalue weighted by atomic mass is 32.2. The van der Waals surface area contributed by atoms with Gasteiger partial charge in [-0.2, -0.15) is 4.31 Å². The fourth-order valence-corrected chi connectivity index (χ4v) is 5.73. The van der Waals surface area contributed by atoms with E-state index in [9.17, 15) is 13.2 Å². The Morgan fingerprint density at radius 3 is 2.47 bits per heavy atom. The fourth-order valence-electron chi connectivity index (χ4n) is 4.19. The minimum Gasteiger partial charge on any atom is -0.337 e. The number of sulfonamides is 1. The van der Waals surface area contributed by atoms with Crippen LogP contribution in [0.5, 0.6) is 0 Å². The lowest BCUT2D eigenvalue weighted by molar-refractivity contribution is 0.0756. The van der Waals surface area contributed by atoms with E-state index in [1.807, 2.05) is 4.90 Å². The van der Waals surface area contributed by atoms with Crippen molar-refractivity contribution >= 4 is 15.9 Å². The summed E-state index contributed by atoms with van der Waals surface area (Å²) in [6.45, 7) is 4.72. The second kappa shape index (κ2) is 8.85. The predicted octanol–water partition coefficient (Wildman–Crippen LogP) is 2.70. The van der Waals surface area contributed by atoms with Gasteiger partial charge in [-0.1, -0.05) is 19.8 Å². The zero-order valence-electron chi connectivity index (χ0n) is 17.4. The van der Waals surface area contributed by atoms with E-state index in [4.69, 9.17) is 0 Å². The van der Waals surface area contributed by atoms with E-state index in [1.54, 1.807) is 33.5 Å². The van der Waals surface area contributed by atoms with Gasteiger partial charge in [0.25, 0.3) is 5.91 Å². The molecule has 2 aromatic rings. The summed E-state index contributed by atoms with van der Waals surface area (Å²) in [5, 5.41) is 0. The van der Waals surface area contributed by atoms with Gasteiger partial charge in [-0.05, 0) is 43.7 Å². The topological polar surface area (TPSA) is 88.4 Å². The molecule has 2 aromatic heterocycles. The van der Waals surface area contributed by atoms with Crippen molar-refractivity contribution in [3.8, 4) is 5.82 Å². The zero-order valence-corrected chi connectivity index (χ0v) is 18.2. The van der Waals surface area contributed by atoms with Crippen LogP contribution in [-0.4, -0.2) is 64.2 Å². The molecule has 0 spiro atoms. The first kappa shape index (κ1) is 21.0. The summed E-state index contributed by atoms with van der Waals surface area (Å²) in [7, 11) is -3.53. The Kier molecular flexibility index (Phi) is 6.19. The van der Waals surface area contributed by atoms with Gasteiger partial charge in [0.1, 0.15) is 22.7 Å². The first-order valence-corrected chi connectivity index (χ1v) is 12.2. The largest absolute Gasteiger partial charge is 0.337 e. The molecule has 2 fully saturated rings. The minimum atomic E-state index is -3.53. The Hall–Kier alpha value is -2.26. The lowest BCUT2D eigenvalue weighted by Crippen LogP contribution is -2.39. The Labute approximate surface area is 178 Å². The lowest BCUT2D eigenvalue weighted by atomic mass is 10.0. The smallest absolute Gasteiger partial charge is 0.274 e. The van der Waals surface area contributed by atoms with Crippen molar-refractivity contribution < 1.29 is 13.2 Å². The van der Waals surface area contributed by atoms with Gasteiger partial charge in [-0.3, -0.25) is 9.36 Å². The molecule has 162 valence electrons. The van der Waals surface area contributed by atoms with Crippen molar-refractivity contribution in [2.75, 3.05) is 26.2 Å². The number of piperidine rings is 1. The maximum absolute atomic E-state index is 12.9. The Balaban J connectivity index is 1.49. The van der Waals surface area contributed by atoms with Crippen molar-refractivity contribution in [3.63, 3.8) is 0 Å². The summed E-state index contributed by atoms with van der Waals surface area (Å²) < 4.78 is 29.0. The molecule has 1 amide bonds. The number of nitrogens with zero attached hydrogens (tertiary/aromatic N) is 5. The molecule has 30 heavy (non-hydrogen) atoms. The van der Waals surface area contributed by atoms with Gasteiger partial charge < -0.3 is 4.90 Å². The molecular formula is C21H29N5O3S. The summed E-state index contributed by atoms with van der Waals surface area (Å²) in [6.07, 6.45) is 10.9. The molecule has 0 bridgehead atoms. The number of hydrogen-bond acceptors (Lipinski definition) is 5. The number of likely N-dealkylation sites (tertiary alicyclic amines) is 1. The summed E-state index contributed by atoms with van der Waals surface area (Å²) in [5.41, 5.74) is 0.387. The van der Waals surface area contributed by atoms with E-state index >= 15 is 0 Å². The third kappa shape index (κ3) is 4.41. The van der Waals surface area contributed by atoms with Gasteiger partial charge in [-0.15, -0.1) is 0 Å². The van der Waals surface area contributed by atoms with Crippen LogP contribution < -0.4 is 0 Å². The van der Waals surface area contributed by atoms with Gasteiger partial charge in [0.15, 0.2) is 0 Å². The van der Waals surface area contributed by atoms with Crippen LogP contribution in [0, 0.1) is 5.92 Å². The highest BCUT2D eigenvalue weighted by Crippen LogP contribution is 2.23. The number of rotatable bonds is 4. The van der Waals surface area contributed by atoms with Gasteiger partial charge in [-0.25, -0.2) is 18.4 Å². The molecule has 0 radical (unpaired) electrons. The first-order valence-electron chi connectivity index (χ1n) is 10.7. The van der Waals surface area contributed by atoms with Gasteiger partial charge in [0.2, 0.25) is 10.0 Å². The Morgan fingerprint density at radius 2 is 1.80 bits per heavy atom. The standard InChI is InChI=1S/C21H29N5O3S/c1-17-7-6-12-26(14-17)30(28,29)18-8-9-20(22-13-18)25-15-19(23-16-25)21(27)24-10-4-2-3-5-11-24/h8-9,13,15-17H,2-7,10-12,14H2,1H3. The molecule has 4 heterocycles. The molecule has 0 saturated carbocycles. The van der Waals surface area contributed by atoms with Gasteiger partial charge in [0.05, 0.1) is 0 Å². The maximum atomic E-state index is 12.9. The zero-order chi connectivity index (χ0) is 21.1. The number of hydrogen-bond donors (Lipinski definition) is 0. The number of aromatic nitrogens is 3. The second-order valence-corrected chi connectivity index (χ2v) is 10.3. The van der Waals surface area contributed by atoms with E-state index in [-0.39, 0.29) is 10.8 Å². The average molecular weight is 432 g/mol. The van der Waals surface area contributed by atoms with Gasteiger partial charge >= 0.3 is 0 Å². The van der Waals surface area contributed by atoms with E-state index in [0.717, 1.165) is 51.6 Å². The van der Waals surface area contributed by atoms with E-state index in [0.29, 0.717) is 30.5 Å². The van der Waals surface area contributed by atoms with Crippen LogP contribution >= 0.6 is 0 Å². The van der Waals surface area contributed by atoms with Crippen molar-refractivity contribution in [2.24, 2.45) is 5.92 Å². The highest BCUT2D eigenvalue weighted by molar-refractivity contribution is 7.89. The summed E-state index contributed by atoms with van der Waals surface area (Å²) >= 11 is 0. The Morgan fingerprint density at radius 1 is 1.03 bits per heavy atom. The summed E-state index contributed by atoms with van der Waals surface area (Å²) in [5.74, 6) is 0.837. The average Bonchev–Trinajstić information content (AvgIpc) is 3.09. The van der Waals surface area contributed by atoms with E-state index < -0.39 is 10.0 Å². The molecule has 1 unspecified atom stereocenters. The van der Waals surface area contributed by atoms with Crippen LogP contribution in [0.15, 0.2) is 35.7 Å². The normalized spacial score (nSPS) is 21.4. The van der Waals surface area contributed by atoms with Crippen LogP contribution in [0.2, 0.25) is 0 Å². The Bertz CT molecular complexity index is 978. The van der Waals surface area contributed by atoms with Crippen LogP contribution in [0.25, 0.3) is 5.82 Å². The summed E-state index contributed by atoms with van der Waals surface area (Å²) in [6, 6.07) is 3.23.